The Balaban J connectivity index is 2.19. The van der Waals surface area contributed by atoms with Crippen molar-refractivity contribution < 1.29 is 4.74 Å². The number of nitrogens with zero attached hydrogens (tertiary/aromatic N) is 2. The minimum atomic E-state index is 0.363. The zero-order valence-electron chi connectivity index (χ0n) is 10.6. The van der Waals surface area contributed by atoms with Gasteiger partial charge in [-0.3, -0.25) is 4.68 Å². The SMILES string of the molecule is Cc1nn(C)c(COc2ccc(Cl)cc2CCl)c1Br. The van der Waals surface area contributed by atoms with Gasteiger partial charge in [-0.2, -0.15) is 5.10 Å². The summed E-state index contributed by atoms with van der Waals surface area (Å²) in [5.41, 5.74) is 2.80. The van der Waals surface area contributed by atoms with E-state index in [2.05, 4.69) is 21.0 Å². The van der Waals surface area contributed by atoms with Gasteiger partial charge in [-0.1, -0.05) is 11.6 Å². The monoisotopic (exact) mass is 362 g/mol. The molecule has 2 aromatic rings. The van der Waals surface area contributed by atoms with Gasteiger partial charge in [0.05, 0.1) is 21.7 Å². The number of alkyl halides is 1. The normalized spacial score (nSPS) is 10.8. The second-order valence-electron chi connectivity index (χ2n) is 4.14. The van der Waals surface area contributed by atoms with E-state index in [1.54, 1.807) is 10.7 Å². The van der Waals surface area contributed by atoms with Crippen molar-refractivity contribution in [2.75, 3.05) is 0 Å². The molecule has 0 N–H and O–H groups in total. The predicted octanol–water partition coefficient (Wildman–Crippen LogP) is 4.46. The van der Waals surface area contributed by atoms with Crippen molar-refractivity contribution >= 4 is 39.1 Å². The Morgan fingerprint density at radius 3 is 2.74 bits per heavy atom. The summed E-state index contributed by atoms with van der Waals surface area (Å²) < 4.78 is 8.58. The third kappa shape index (κ3) is 3.25. The average molecular weight is 364 g/mol. The van der Waals surface area contributed by atoms with Gasteiger partial charge in [0.15, 0.2) is 0 Å². The summed E-state index contributed by atoms with van der Waals surface area (Å²) in [6, 6.07) is 5.43. The van der Waals surface area contributed by atoms with Crippen molar-refractivity contribution in [3.05, 3.63) is 44.6 Å². The molecule has 0 spiro atoms. The maximum Gasteiger partial charge on any atom is 0.131 e. The Kier molecular flexibility index (Phi) is 4.76. The Bertz CT molecular complexity index is 599. The molecule has 0 radical (unpaired) electrons. The molecule has 0 saturated heterocycles. The highest BCUT2D eigenvalue weighted by Gasteiger charge is 2.12. The lowest BCUT2D eigenvalue weighted by molar-refractivity contribution is 0.292. The third-order valence-electron chi connectivity index (χ3n) is 2.79. The first-order chi connectivity index (χ1) is 9.02. The molecule has 0 fully saturated rings. The van der Waals surface area contributed by atoms with Gasteiger partial charge in [-0.15, -0.1) is 11.6 Å². The Labute approximate surface area is 130 Å². The predicted molar refractivity (Wildman–Crippen MR) is 81.0 cm³/mol. The number of rotatable bonds is 4. The van der Waals surface area contributed by atoms with Crippen molar-refractivity contribution in [2.45, 2.75) is 19.4 Å². The number of aromatic nitrogens is 2. The van der Waals surface area contributed by atoms with E-state index in [1.165, 1.54) is 0 Å². The van der Waals surface area contributed by atoms with Crippen LogP contribution in [0.3, 0.4) is 0 Å². The maximum atomic E-state index is 5.93. The highest BCUT2D eigenvalue weighted by molar-refractivity contribution is 9.10. The largest absolute Gasteiger partial charge is 0.487 e. The van der Waals surface area contributed by atoms with E-state index in [1.807, 2.05) is 26.1 Å². The van der Waals surface area contributed by atoms with Crippen molar-refractivity contribution in [3.63, 3.8) is 0 Å². The van der Waals surface area contributed by atoms with Gasteiger partial charge >= 0.3 is 0 Å². The lowest BCUT2D eigenvalue weighted by Gasteiger charge is -2.11. The zero-order chi connectivity index (χ0) is 14.0. The van der Waals surface area contributed by atoms with E-state index < -0.39 is 0 Å². The number of ether oxygens (including phenoxy) is 1. The van der Waals surface area contributed by atoms with Crippen molar-refractivity contribution in [2.24, 2.45) is 7.05 Å². The quantitative estimate of drug-likeness (QED) is 0.749. The molecule has 0 atom stereocenters. The number of halogens is 3. The maximum absolute atomic E-state index is 5.93. The van der Waals surface area contributed by atoms with Crippen LogP contribution in [0.1, 0.15) is 17.0 Å². The van der Waals surface area contributed by atoms with Crippen LogP contribution in [0.4, 0.5) is 0 Å². The second kappa shape index (κ2) is 6.16. The number of aryl methyl sites for hydroxylation is 2. The molecular weight excluding hydrogens is 351 g/mol. The van der Waals surface area contributed by atoms with E-state index in [0.717, 1.165) is 27.2 Å². The Hall–Kier alpha value is -0.710. The molecule has 2 rings (SSSR count). The number of hydrogen-bond acceptors (Lipinski definition) is 2. The lowest BCUT2D eigenvalue weighted by atomic mass is 10.2. The summed E-state index contributed by atoms with van der Waals surface area (Å²) in [7, 11) is 1.89. The minimum absolute atomic E-state index is 0.363. The van der Waals surface area contributed by atoms with E-state index >= 15 is 0 Å². The summed E-state index contributed by atoms with van der Waals surface area (Å²) in [4.78, 5) is 0. The van der Waals surface area contributed by atoms with Crippen LogP contribution < -0.4 is 4.74 Å². The molecule has 102 valence electrons. The summed E-state index contributed by atoms with van der Waals surface area (Å²) >= 11 is 15.3. The average Bonchev–Trinajstić information content (AvgIpc) is 2.62. The van der Waals surface area contributed by atoms with Gasteiger partial charge in [-0.05, 0) is 41.1 Å². The van der Waals surface area contributed by atoms with E-state index in [9.17, 15) is 0 Å². The smallest absolute Gasteiger partial charge is 0.131 e. The molecule has 1 aromatic heterocycles. The fourth-order valence-electron chi connectivity index (χ4n) is 1.78. The third-order valence-corrected chi connectivity index (χ3v) is 4.35. The molecule has 6 heteroatoms. The van der Waals surface area contributed by atoms with Gasteiger partial charge in [0.1, 0.15) is 12.4 Å². The highest BCUT2D eigenvalue weighted by atomic mass is 79.9. The van der Waals surface area contributed by atoms with Crippen molar-refractivity contribution in [1.29, 1.82) is 0 Å². The number of benzene rings is 1. The molecule has 19 heavy (non-hydrogen) atoms. The minimum Gasteiger partial charge on any atom is -0.487 e. The molecule has 0 unspecified atom stereocenters. The molecule has 1 heterocycles. The van der Waals surface area contributed by atoms with E-state index in [4.69, 9.17) is 27.9 Å². The summed E-state index contributed by atoms with van der Waals surface area (Å²) in [5.74, 6) is 1.10. The topological polar surface area (TPSA) is 27.1 Å². The highest BCUT2D eigenvalue weighted by Crippen LogP contribution is 2.27. The van der Waals surface area contributed by atoms with E-state index in [-0.39, 0.29) is 0 Å². The molecule has 0 amide bonds. The van der Waals surface area contributed by atoms with Crippen molar-refractivity contribution in [1.82, 2.24) is 9.78 Å². The first-order valence-corrected chi connectivity index (χ1v) is 7.38. The first kappa shape index (κ1) is 14.7. The molecule has 0 aliphatic heterocycles. The van der Waals surface area contributed by atoms with Crippen molar-refractivity contribution in [3.8, 4) is 5.75 Å². The van der Waals surface area contributed by atoms with Crippen LogP contribution >= 0.6 is 39.1 Å². The van der Waals surface area contributed by atoms with Gasteiger partial charge in [0, 0.05) is 17.6 Å². The van der Waals surface area contributed by atoms with Crippen LogP contribution in [0.2, 0.25) is 5.02 Å². The van der Waals surface area contributed by atoms with Crippen LogP contribution in [0.25, 0.3) is 0 Å². The molecule has 0 aliphatic rings. The van der Waals surface area contributed by atoms with E-state index in [0.29, 0.717) is 17.5 Å². The molecule has 0 bridgehead atoms. The lowest BCUT2D eigenvalue weighted by Crippen LogP contribution is -2.04. The molecule has 3 nitrogen and oxygen atoms in total. The van der Waals surface area contributed by atoms with Gasteiger partial charge in [0.25, 0.3) is 0 Å². The summed E-state index contributed by atoms with van der Waals surface area (Å²) in [6.45, 7) is 2.36. The van der Waals surface area contributed by atoms with Crippen LogP contribution in [0.5, 0.6) is 5.75 Å². The summed E-state index contributed by atoms with van der Waals surface area (Å²) in [6.07, 6.45) is 0. The Morgan fingerprint density at radius 2 is 2.16 bits per heavy atom. The van der Waals surface area contributed by atoms with Gasteiger partial charge in [-0.25, -0.2) is 0 Å². The van der Waals surface area contributed by atoms with Crippen LogP contribution in [0, 0.1) is 6.92 Å². The molecule has 0 aliphatic carbocycles. The molecule has 0 saturated carbocycles. The fraction of sp³-hybridized carbons (Fsp3) is 0.308. The standard InChI is InChI=1S/C13H13BrCl2N2O/c1-8-13(14)11(18(2)17-8)7-19-12-4-3-10(16)5-9(12)6-15/h3-5H,6-7H2,1-2H3. The fourth-order valence-corrected chi connectivity index (χ4v) is 2.63. The molecular formula is C13H13BrCl2N2O. The zero-order valence-corrected chi connectivity index (χ0v) is 13.7. The first-order valence-electron chi connectivity index (χ1n) is 5.68. The Morgan fingerprint density at radius 1 is 1.42 bits per heavy atom. The second-order valence-corrected chi connectivity index (χ2v) is 5.64. The van der Waals surface area contributed by atoms with Crippen LogP contribution in [-0.4, -0.2) is 9.78 Å². The molecule has 1 aromatic carbocycles. The van der Waals surface area contributed by atoms with Crippen LogP contribution in [-0.2, 0) is 19.5 Å². The van der Waals surface area contributed by atoms with Gasteiger partial charge in [0.2, 0.25) is 0 Å². The van der Waals surface area contributed by atoms with Gasteiger partial charge < -0.3 is 4.74 Å². The number of hydrogen-bond donors (Lipinski definition) is 0. The summed E-state index contributed by atoms with van der Waals surface area (Å²) in [5, 5.41) is 4.98. The van der Waals surface area contributed by atoms with Crippen LogP contribution in [0.15, 0.2) is 22.7 Å².